The molecule has 0 unspecified atom stereocenters. The van der Waals surface area contributed by atoms with Crippen LogP contribution in [0.1, 0.15) is 11.1 Å². The van der Waals surface area contributed by atoms with Crippen molar-refractivity contribution in [2.45, 2.75) is 13.3 Å². The molecule has 0 bridgehead atoms. The van der Waals surface area contributed by atoms with Crippen LogP contribution in [-0.4, -0.2) is 60.7 Å². The van der Waals surface area contributed by atoms with Crippen molar-refractivity contribution in [3.8, 4) is 11.4 Å². The first kappa shape index (κ1) is 23.9. The summed E-state index contributed by atoms with van der Waals surface area (Å²) in [5.41, 5.74) is 6.14. The third-order valence-corrected chi connectivity index (χ3v) is 8.04. The normalized spacial score (nSPS) is 15.8. The summed E-state index contributed by atoms with van der Waals surface area (Å²) in [4.78, 5) is 29.2. The average molecular weight is 557 g/mol. The summed E-state index contributed by atoms with van der Waals surface area (Å²) in [5.74, 6) is 0.685. The van der Waals surface area contributed by atoms with E-state index in [0.29, 0.717) is 12.4 Å². The highest BCUT2D eigenvalue weighted by Gasteiger charge is 2.28. The second-order valence-corrected chi connectivity index (χ2v) is 10.6. The number of piperazine rings is 1. The van der Waals surface area contributed by atoms with Gasteiger partial charge in [0, 0.05) is 60.5 Å². The number of urea groups is 1. The van der Waals surface area contributed by atoms with Crippen molar-refractivity contribution < 1.29 is 4.79 Å². The molecule has 0 spiro atoms. The number of amides is 2. The Bertz CT molecular complexity index is 1480. The van der Waals surface area contributed by atoms with E-state index in [9.17, 15) is 4.79 Å². The van der Waals surface area contributed by atoms with Crippen molar-refractivity contribution in [3.63, 3.8) is 0 Å². The highest BCUT2D eigenvalue weighted by atomic mass is 79.9. The highest BCUT2D eigenvalue weighted by molar-refractivity contribution is 9.10. The van der Waals surface area contributed by atoms with Gasteiger partial charge in [0.1, 0.15) is 0 Å². The largest absolute Gasteiger partial charge is 0.368 e. The topological polar surface area (TPSA) is 64.6 Å². The van der Waals surface area contributed by atoms with Gasteiger partial charge in [-0.3, -0.25) is 4.90 Å². The number of carbonyl (C=O) groups excluding carboxylic acids is 1. The van der Waals surface area contributed by atoms with Gasteiger partial charge in [-0.25, -0.2) is 14.8 Å². The number of halogens is 1. The Morgan fingerprint density at radius 2 is 1.65 bits per heavy atom. The average Bonchev–Trinajstić information content (AvgIpc) is 3.32. The number of hydrogen-bond donors (Lipinski definition) is 1. The van der Waals surface area contributed by atoms with E-state index in [1.807, 2.05) is 42.2 Å². The molecule has 0 aliphatic carbocycles. The van der Waals surface area contributed by atoms with Crippen molar-refractivity contribution in [2.24, 2.45) is 0 Å². The second-order valence-electron chi connectivity index (χ2n) is 9.79. The summed E-state index contributed by atoms with van der Waals surface area (Å²) in [6.45, 7) is 6.71. The van der Waals surface area contributed by atoms with Crippen LogP contribution in [0.15, 0.2) is 65.4 Å². The molecule has 8 heteroatoms. The van der Waals surface area contributed by atoms with Gasteiger partial charge in [0.15, 0.2) is 5.82 Å². The first-order valence-corrected chi connectivity index (χ1v) is 13.4. The first-order chi connectivity index (χ1) is 18.0. The van der Waals surface area contributed by atoms with Gasteiger partial charge in [-0.15, -0.1) is 0 Å². The van der Waals surface area contributed by atoms with Crippen LogP contribution in [0.5, 0.6) is 0 Å². The molecule has 3 heterocycles. The Morgan fingerprint density at radius 3 is 2.41 bits per heavy atom. The summed E-state index contributed by atoms with van der Waals surface area (Å²) < 4.78 is 1.10. The van der Waals surface area contributed by atoms with Gasteiger partial charge in [0.2, 0.25) is 0 Å². The Morgan fingerprint density at radius 1 is 0.919 bits per heavy atom. The molecule has 2 aliphatic rings. The van der Waals surface area contributed by atoms with E-state index in [4.69, 9.17) is 0 Å². The van der Waals surface area contributed by atoms with Gasteiger partial charge in [0.05, 0.1) is 17.1 Å². The SMILES string of the molecule is Cc1cc(NC(=O)N2CCc3cc(Br)c(N4CCN(C)CC4)cc32)c2ccccc2c1-c1ncccn1. The fraction of sp³-hybridized carbons (Fsp3) is 0.276. The quantitative estimate of drug-likeness (QED) is 0.350. The van der Waals surface area contributed by atoms with Crippen molar-refractivity contribution in [1.82, 2.24) is 14.9 Å². The number of hydrogen-bond acceptors (Lipinski definition) is 5. The van der Waals surface area contributed by atoms with Crippen LogP contribution in [0.3, 0.4) is 0 Å². The van der Waals surface area contributed by atoms with Crippen LogP contribution in [0, 0.1) is 6.92 Å². The van der Waals surface area contributed by atoms with Crippen molar-refractivity contribution in [1.29, 1.82) is 0 Å². The van der Waals surface area contributed by atoms with Crippen LogP contribution in [-0.2, 0) is 6.42 Å². The summed E-state index contributed by atoms with van der Waals surface area (Å²) in [6, 6.07) is 16.2. The van der Waals surface area contributed by atoms with Crippen molar-refractivity contribution in [3.05, 3.63) is 76.5 Å². The standard InChI is InChI=1S/C29H29BrN6O/c1-19-16-24(21-6-3-4-7-22(21)27(19)28-31-9-5-10-32-28)33-29(37)36-11-8-20-17-23(30)26(18-25(20)36)35-14-12-34(2)13-15-35/h3-7,9-10,16-18H,8,11-15H2,1-2H3,(H,33,37). The number of nitrogens with zero attached hydrogens (tertiary/aromatic N) is 5. The molecule has 1 saturated heterocycles. The summed E-state index contributed by atoms with van der Waals surface area (Å²) >= 11 is 3.79. The minimum absolute atomic E-state index is 0.112. The molecular weight excluding hydrogens is 528 g/mol. The van der Waals surface area contributed by atoms with E-state index in [1.165, 1.54) is 5.56 Å². The summed E-state index contributed by atoms with van der Waals surface area (Å²) in [7, 11) is 2.16. The lowest BCUT2D eigenvalue weighted by molar-refractivity contribution is 0.257. The number of nitrogens with one attached hydrogen (secondary N) is 1. The van der Waals surface area contributed by atoms with Gasteiger partial charge < -0.3 is 15.1 Å². The maximum absolute atomic E-state index is 13.7. The van der Waals surface area contributed by atoms with Gasteiger partial charge in [-0.05, 0) is 77.1 Å². The number of anilines is 3. The monoisotopic (exact) mass is 556 g/mol. The predicted molar refractivity (Wildman–Crippen MR) is 154 cm³/mol. The fourth-order valence-corrected chi connectivity index (χ4v) is 6.06. The number of likely N-dealkylation sites (N-methyl/N-ethyl adjacent to an activating group) is 1. The maximum Gasteiger partial charge on any atom is 0.326 e. The Labute approximate surface area is 225 Å². The Balaban J connectivity index is 1.32. The third kappa shape index (κ3) is 4.45. The number of benzene rings is 3. The van der Waals surface area contributed by atoms with Gasteiger partial charge in [-0.1, -0.05) is 24.3 Å². The fourth-order valence-electron chi connectivity index (χ4n) is 5.42. The van der Waals surface area contributed by atoms with Crippen LogP contribution in [0.25, 0.3) is 22.2 Å². The molecule has 7 nitrogen and oxygen atoms in total. The van der Waals surface area contributed by atoms with Crippen LogP contribution < -0.4 is 15.1 Å². The molecule has 0 radical (unpaired) electrons. The zero-order valence-corrected chi connectivity index (χ0v) is 22.6. The van der Waals surface area contributed by atoms with Crippen LogP contribution >= 0.6 is 15.9 Å². The third-order valence-electron chi connectivity index (χ3n) is 7.41. The lowest BCUT2D eigenvalue weighted by Crippen LogP contribution is -2.44. The maximum atomic E-state index is 13.7. The van der Waals surface area contributed by atoms with E-state index in [1.54, 1.807) is 12.4 Å². The minimum Gasteiger partial charge on any atom is -0.368 e. The van der Waals surface area contributed by atoms with E-state index in [-0.39, 0.29) is 6.03 Å². The smallest absolute Gasteiger partial charge is 0.326 e. The molecule has 0 saturated carbocycles. The molecule has 1 fully saturated rings. The predicted octanol–water partition coefficient (Wildman–Crippen LogP) is 5.71. The first-order valence-electron chi connectivity index (χ1n) is 12.6. The number of rotatable bonds is 3. The zero-order valence-electron chi connectivity index (χ0n) is 21.0. The molecule has 188 valence electrons. The minimum atomic E-state index is -0.112. The van der Waals surface area contributed by atoms with Gasteiger partial charge in [0.25, 0.3) is 0 Å². The number of aromatic nitrogens is 2. The van der Waals surface area contributed by atoms with E-state index < -0.39 is 0 Å². The number of carbonyl (C=O) groups is 1. The Hall–Kier alpha value is -3.49. The molecule has 37 heavy (non-hydrogen) atoms. The molecule has 1 N–H and O–H groups in total. The summed E-state index contributed by atoms with van der Waals surface area (Å²) in [6.07, 6.45) is 4.35. The zero-order chi connectivity index (χ0) is 25.5. The van der Waals surface area contributed by atoms with Crippen molar-refractivity contribution >= 4 is 49.8 Å². The molecule has 0 atom stereocenters. The molecule has 4 aromatic rings. The molecule has 2 aliphatic heterocycles. The molecule has 3 aromatic carbocycles. The molecular formula is C29H29BrN6O. The van der Waals surface area contributed by atoms with Gasteiger partial charge >= 0.3 is 6.03 Å². The molecule has 1 aromatic heterocycles. The lowest BCUT2D eigenvalue weighted by Gasteiger charge is -2.35. The van der Waals surface area contributed by atoms with Crippen LogP contribution in [0.2, 0.25) is 0 Å². The lowest BCUT2D eigenvalue weighted by atomic mass is 9.97. The summed E-state index contributed by atoms with van der Waals surface area (Å²) in [5, 5.41) is 5.21. The number of aryl methyl sites for hydroxylation is 1. The van der Waals surface area contributed by atoms with Crippen molar-refractivity contribution in [2.75, 3.05) is 54.9 Å². The van der Waals surface area contributed by atoms with Gasteiger partial charge in [-0.2, -0.15) is 0 Å². The molecule has 2 amide bonds. The second kappa shape index (κ2) is 9.76. The van der Waals surface area contributed by atoms with E-state index >= 15 is 0 Å². The Kier molecular flexibility index (Phi) is 6.30. The molecule has 6 rings (SSSR count). The van der Waals surface area contributed by atoms with E-state index in [2.05, 4.69) is 66.3 Å². The number of fused-ring (bicyclic) bond motifs is 2. The highest BCUT2D eigenvalue weighted by Crippen LogP contribution is 2.39. The van der Waals surface area contributed by atoms with Crippen LogP contribution in [0.4, 0.5) is 21.9 Å². The van der Waals surface area contributed by atoms with E-state index in [0.717, 1.165) is 76.0 Å².